The largest absolute Gasteiger partial charge is 0.345 e. The molecule has 1 saturated heterocycles. The van der Waals surface area contributed by atoms with Crippen molar-refractivity contribution in [3.63, 3.8) is 0 Å². The highest BCUT2D eigenvalue weighted by molar-refractivity contribution is 7.89. The maximum Gasteiger partial charge on any atom is 0.243 e. The quantitative estimate of drug-likeness (QED) is 0.596. The van der Waals surface area contributed by atoms with Crippen LogP contribution >= 0.6 is 11.3 Å². The number of benzene rings is 2. The van der Waals surface area contributed by atoms with Crippen molar-refractivity contribution in [1.29, 1.82) is 0 Å². The van der Waals surface area contributed by atoms with E-state index in [4.69, 9.17) is 4.98 Å². The first-order valence-corrected chi connectivity index (χ1v) is 12.2. The number of hydrogen-bond donors (Lipinski definition) is 0. The summed E-state index contributed by atoms with van der Waals surface area (Å²) in [6.07, 6.45) is 0.800. The summed E-state index contributed by atoms with van der Waals surface area (Å²) in [6.45, 7) is 6.16. The zero-order valence-corrected chi connectivity index (χ0v) is 18.6. The summed E-state index contributed by atoms with van der Waals surface area (Å²) in [5.74, 6) is -0.445. The van der Waals surface area contributed by atoms with Gasteiger partial charge in [0, 0.05) is 38.0 Å². The van der Waals surface area contributed by atoms with Crippen LogP contribution < -0.4 is 4.90 Å². The first-order valence-electron chi connectivity index (χ1n) is 9.85. The summed E-state index contributed by atoms with van der Waals surface area (Å²) >= 11 is 1.60. The van der Waals surface area contributed by atoms with Crippen LogP contribution in [0.3, 0.4) is 0 Å². The molecule has 1 aromatic heterocycles. The third kappa shape index (κ3) is 4.26. The molecule has 5 nitrogen and oxygen atoms in total. The fourth-order valence-corrected chi connectivity index (χ4v) is 6.01. The van der Waals surface area contributed by atoms with Crippen LogP contribution in [-0.4, -0.2) is 43.9 Å². The van der Waals surface area contributed by atoms with E-state index in [1.807, 2.05) is 0 Å². The van der Waals surface area contributed by atoms with E-state index in [1.165, 1.54) is 45.3 Å². The van der Waals surface area contributed by atoms with Crippen molar-refractivity contribution in [2.75, 3.05) is 31.1 Å². The second kappa shape index (κ2) is 8.45. The zero-order valence-electron chi connectivity index (χ0n) is 17.0. The van der Waals surface area contributed by atoms with E-state index in [0.29, 0.717) is 26.2 Å². The van der Waals surface area contributed by atoms with E-state index >= 15 is 0 Å². The Morgan fingerprint density at radius 1 is 1.00 bits per heavy atom. The minimum atomic E-state index is -3.61. The van der Waals surface area contributed by atoms with Crippen molar-refractivity contribution in [3.8, 4) is 0 Å². The van der Waals surface area contributed by atoms with Crippen molar-refractivity contribution in [1.82, 2.24) is 9.29 Å². The van der Waals surface area contributed by atoms with E-state index in [2.05, 4.69) is 42.3 Å². The molecule has 0 saturated carbocycles. The summed E-state index contributed by atoms with van der Waals surface area (Å²) in [6, 6.07) is 11.3. The second-order valence-electron chi connectivity index (χ2n) is 7.51. The molecule has 0 amide bonds. The first-order chi connectivity index (χ1) is 14.3. The Kier molecular flexibility index (Phi) is 5.90. The first kappa shape index (κ1) is 21.0. The maximum atomic E-state index is 13.1. The topological polar surface area (TPSA) is 53.5 Å². The fourth-order valence-electron chi connectivity index (χ4n) is 3.71. The Balaban J connectivity index is 1.42. The molecule has 0 unspecified atom stereocenters. The molecule has 3 aromatic rings. The van der Waals surface area contributed by atoms with Crippen LogP contribution in [0.25, 0.3) is 0 Å². The van der Waals surface area contributed by atoms with Gasteiger partial charge in [0.25, 0.3) is 0 Å². The Hall–Kier alpha value is -2.29. The highest BCUT2D eigenvalue weighted by Gasteiger charge is 2.29. The van der Waals surface area contributed by atoms with Gasteiger partial charge in [-0.25, -0.2) is 17.8 Å². The van der Waals surface area contributed by atoms with Crippen LogP contribution in [0.1, 0.15) is 22.4 Å². The van der Waals surface area contributed by atoms with E-state index in [9.17, 15) is 12.8 Å². The molecule has 4 rings (SSSR count). The van der Waals surface area contributed by atoms with Crippen molar-refractivity contribution in [2.45, 2.75) is 25.2 Å². The monoisotopic (exact) mass is 445 g/mol. The van der Waals surface area contributed by atoms with Crippen molar-refractivity contribution in [2.24, 2.45) is 0 Å². The van der Waals surface area contributed by atoms with Gasteiger partial charge in [0.2, 0.25) is 10.0 Å². The second-order valence-corrected chi connectivity index (χ2v) is 10.3. The molecule has 0 radical (unpaired) electrons. The van der Waals surface area contributed by atoms with Crippen LogP contribution in [0.2, 0.25) is 0 Å². The molecule has 1 aliphatic heterocycles. The smallest absolute Gasteiger partial charge is 0.243 e. The molecule has 1 fully saturated rings. The number of halogens is 1. The van der Waals surface area contributed by atoms with Gasteiger partial charge in [-0.1, -0.05) is 18.2 Å². The summed E-state index contributed by atoms with van der Waals surface area (Å²) in [5, 5.41) is 3.01. The molecule has 0 aliphatic carbocycles. The minimum absolute atomic E-state index is 0.127. The van der Waals surface area contributed by atoms with Crippen LogP contribution in [0.15, 0.2) is 52.7 Å². The number of aromatic nitrogens is 1. The number of thiazole rings is 1. The average Bonchev–Trinajstić information content (AvgIpc) is 3.20. The van der Waals surface area contributed by atoms with Crippen LogP contribution in [0, 0.1) is 19.7 Å². The predicted octanol–water partition coefficient (Wildman–Crippen LogP) is 4.00. The molecular weight excluding hydrogens is 421 g/mol. The summed E-state index contributed by atoms with van der Waals surface area (Å²) in [7, 11) is -3.61. The lowest BCUT2D eigenvalue weighted by Crippen LogP contribution is -2.48. The summed E-state index contributed by atoms with van der Waals surface area (Å²) in [5.41, 5.74) is 4.88. The summed E-state index contributed by atoms with van der Waals surface area (Å²) < 4.78 is 40.1. The number of nitrogens with zero attached hydrogens (tertiary/aromatic N) is 3. The van der Waals surface area contributed by atoms with E-state index in [1.54, 1.807) is 11.3 Å². The Morgan fingerprint density at radius 2 is 1.63 bits per heavy atom. The van der Waals surface area contributed by atoms with Gasteiger partial charge in [0.15, 0.2) is 5.13 Å². The molecule has 0 bridgehead atoms. The van der Waals surface area contributed by atoms with Crippen LogP contribution in [0.4, 0.5) is 9.52 Å². The molecule has 30 heavy (non-hydrogen) atoms. The average molecular weight is 446 g/mol. The fraction of sp³-hybridized carbons (Fsp3) is 0.318. The standard InChI is InChI=1S/C22H24FN3O2S2/c1-16-4-3-5-17(2)21(16)14-19-15-29-22(24-19)25-10-12-26(13-11-25)30(27,28)20-8-6-18(23)7-9-20/h3-9,15H,10-14H2,1-2H3. The molecular formula is C22H24FN3O2S2. The van der Waals surface area contributed by atoms with Crippen molar-refractivity contribution < 1.29 is 12.8 Å². The molecule has 1 aliphatic rings. The molecule has 158 valence electrons. The lowest BCUT2D eigenvalue weighted by atomic mass is 9.99. The predicted molar refractivity (Wildman–Crippen MR) is 118 cm³/mol. The molecule has 0 atom stereocenters. The Morgan fingerprint density at radius 3 is 2.27 bits per heavy atom. The van der Waals surface area contributed by atoms with Gasteiger partial charge in [0.05, 0.1) is 10.6 Å². The van der Waals surface area contributed by atoms with Gasteiger partial charge >= 0.3 is 0 Å². The minimum Gasteiger partial charge on any atom is -0.345 e. The number of sulfonamides is 1. The maximum absolute atomic E-state index is 13.1. The normalized spacial score (nSPS) is 15.5. The lowest BCUT2D eigenvalue weighted by Gasteiger charge is -2.33. The van der Waals surface area contributed by atoms with E-state index < -0.39 is 15.8 Å². The van der Waals surface area contributed by atoms with Gasteiger partial charge in [-0.2, -0.15) is 4.31 Å². The molecule has 0 N–H and O–H groups in total. The van der Waals surface area contributed by atoms with Gasteiger partial charge in [-0.3, -0.25) is 0 Å². The van der Waals surface area contributed by atoms with E-state index in [0.717, 1.165) is 17.2 Å². The lowest BCUT2D eigenvalue weighted by molar-refractivity contribution is 0.384. The zero-order chi connectivity index (χ0) is 21.3. The highest BCUT2D eigenvalue weighted by Crippen LogP contribution is 2.26. The number of piperazine rings is 1. The number of anilines is 1. The SMILES string of the molecule is Cc1cccc(C)c1Cc1csc(N2CCN(S(=O)(=O)c3ccc(F)cc3)CC2)n1. The molecule has 8 heteroatoms. The third-order valence-electron chi connectivity index (χ3n) is 5.50. The highest BCUT2D eigenvalue weighted by atomic mass is 32.2. The number of rotatable bonds is 5. The Bertz CT molecular complexity index is 1120. The number of aryl methyl sites for hydroxylation is 2. The van der Waals surface area contributed by atoms with Gasteiger partial charge < -0.3 is 4.90 Å². The van der Waals surface area contributed by atoms with Gasteiger partial charge in [-0.05, 0) is 54.8 Å². The van der Waals surface area contributed by atoms with Gasteiger partial charge in [-0.15, -0.1) is 11.3 Å². The van der Waals surface area contributed by atoms with Gasteiger partial charge in [0.1, 0.15) is 5.82 Å². The van der Waals surface area contributed by atoms with Crippen molar-refractivity contribution in [3.05, 3.63) is 76.0 Å². The van der Waals surface area contributed by atoms with Crippen LogP contribution in [0.5, 0.6) is 0 Å². The third-order valence-corrected chi connectivity index (χ3v) is 8.37. The summed E-state index contributed by atoms with van der Waals surface area (Å²) in [4.78, 5) is 7.06. The Labute approximate surface area is 180 Å². The van der Waals surface area contributed by atoms with E-state index in [-0.39, 0.29) is 4.90 Å². The molecule has 0 spiro atoms. The number of hydrogen-bond acceptors (Lipinski definition) is 5. The van der Waals surface area contributed by atoms with Crippen molar-refractivity contribution >= 4 is 26.5 Å². The molecule has 2 heterocycles. The molecule has 2 aromatic carbocycles. The van der Waals surface area contributed by atoms with Crippen LogP contribution in [-0.2, 0) is 16.4 Å².